The van der Waals surface area contributed by atoms with E-state index in [1.807, 2.05) is 43.7 Å². The molecule has 0 fully saturated rings. The summed E-state index contributed by atoms with van der Waals surface area (Å²) in [5.74, 6) is -0.371. The molecule has 1 atom stereocenters. The van der Waals surface area contributed by atoms with Gasteiger partial charge in [0.15, 0.2) is 5.78 Å². The molecule has 2 rings (SSSR count). The molecule has 24 heavy (non-hydrogen) atoms. The van der Waals surface area contributed by atoms with Crippen molar-refractivity contribution in [2.24, 2.45) is 0 Å². The maximum atomic E-state index is 12.7. The van der Waals surface area contributed by atoms with Gasteiger partial charge in [-0.15, -0.1) is 11.3 Å². The minimum Gasteiger partial charge on any atom is -0.329 e. The van der Waals surface area contributed by atoms with E-state index in [-0.39, 0.29) is 11.7 Å². The quantitative estimate of drug-likeness (QED) is 0.416. The zero-order valence-electron chi connectivity index (χ0n) is 14.0. The third-order valence-corrected chi connectivity index (χ3v) is 4.34. The molecule has 0 bridgehead atoms. The van der Waals surface area contributed by atoms with E-state index in [0.29, 0.717) is 17.0 Å². The van der Waals surface area contributed by atoms with Crippen LogP contribution in [0.25, 0.3) is 0 Å². The SMILES string of the molecule is CN(C)CCCNC(NC(=O)c1cccs1)C(=O)c1ccccc1. The van der Waals surface area contributed by atoms with Gasteiger partial charge in [0, 0.05) is 5.56 Å². The van der Waals surface area contributed by atoms with Gasteiger partial charge in [-0.3, -0.25) is 14.9 Å². The van der Waals surface area contributed by atoms with Crippen LogP contribution < -0.4 is 10.6 Å². The normalized spacial score (nSPS) is 12.1. The first-order chi connectivity index (χ1) is 11.6. The molecule has 0 aliphatic heterocycles. The number of hydrogen-bond acceptors (Lipinski definition) is 5. The molecule has 1 aromatic heterocycles. The molecule has 1 amide bonds. The number of thiophene rings is 1. The average Bonchev–Trinajstić information content (AvgIpc) is 3.12. The van der Waals surface area contributed by atoms with Crippen LogP contribution in [0, 0.1) is 0 Å². The number of amides is 1. The third-order valence-electron chi connectivity index (χ3n) is 3.47. The Labute approximate surface area is 146 Å². The third kappa shape index (κ3) is 5.56. The Balaban J connectivity index is 2.03. The number of benzene rings is 1. The maximum Gasteiger partial charge on any atom is 0.262 e. The van der Waals surface area contributed by atoms with Crippen LogP contribution in [0.4, 0.5) is 0 Å². The molecule has 1 aromatic carbocycles. The van der Waals surface area contributed by atoms with Crippen molar-refractivity contribution in [2.45, 2.75) is 12.6 Å². The van der Waals surface area contributed by atoms with Crippen LogP contribution in [0.1, 0.15) is 26.5 Å². The number of Topliss-reactive ketones (excluding diaryl/α,β-unsaturated/α-hetero) is 1. The van der Waals surface area contributed by atoms with Crippen LogP contribution in [0.2, 0.25) is 0 Å². The fourth-order valence-electron chi connectivity index (χ4n) is 2.23. The molecule has 1 unspecified atom stereocenters. The predicted octanol–water partition coefficient (Wildman–Crippen LogP) is 2.23. The summed E-state index contributed by atoms with van der Waals surface area (Å²) < 4.78 is 0. The second-order valence-electron chi connectivity index (χ2n) is 5.73. The standard InChI is InChI=1S/C18H23N3O2S/c1-21(2)12-7-11-19-17(16(22)14-8-4-3-5-9-14)20-18(23)15-10-6-13-24-15/h3-6,8-10,13,17,19H,7,11-12H2,1-2H3,(H,20,23). The summed E-state index contributed by atoms with van der Waals surface area (Å²) in [4.78, 5) is 27.7. The molecule has 1 heterocycles. The van der Waals surface area contributed by atoms with Crippen molar-refractivity contribution in [2.75, 3.05) is 27.2 Å². The number of nitrogens with zero attached hydrogens (tertiary/aromatic N) is 1. The summed E-state index contributed by atoms with van der Waals surface area (Å²) in [5.41, 5.74) is 0.578. The molecule has 6 heteroatoms. The van der Waals surface area contributed by atoms with E-state index >= 15 is 0 Å². The summed E-state index contributed by atoms with van der Waals surface area (Å²) in [6.07, 6.45) is 0.157. The van der Waals surface area contributed by atoms with Crippen molar-refractivity contribution in [1.29, 1.82) is 0 Å². The first kappa shape index (κ1) is 18.3. The van der Waals surface area contributed by atoms with Gasteiger partial charge in [0.05, 0.1) is 4.88 Å². The number of carbonyl (C=O) groups is 2. The first-order valence-corrected chi connectivity index (χ1v) is 8.77. The Hall–Kier alpha value is -2.02. The zero-order chi connectivity index (χ0) is 17.4. The predicted molar refractivity (Wildman–Crippen MR) is 97.5 cm³/mol. The average molecular weight is 345 g/mol. The molecule has 0 saturated carbocycles. The van der Waals surface area contributed by atoms with Crippen LogP contribution in [0.5, 0.6) is 0 Å². The molecule has 5 nitrogen and oxygen atoms in total. The highest BCUT2D eigenvalue weighted by atomic mass is 32.1. The van der Waals surface area contributed by atoms with E-state index in [2.05, 4.69) is 15.5 Å². The smallest absolute Gasteiger partial charge is 0.262 e. The molecular weight excluding hydrogens is 322 g/mol. The number of rotatable bonds is 9. The lowest BCUT2D eigenvalue weighted by Crippen LogP contribution is -2.51. The van der Waals surface area contributed by atoms with Crippen LogP contribution in [-0.4, -0.2) is 49.9 Å². The van der Waals surface area contributed by atoms with Crippen LogP contribution in [0.15, 0.2) is 47.8 Å². The van der Waals surface area contributed by atoms with Crippen molar-refractivity contribution >= 4 is 23.0 Å². The second-order valence-corrected chi connectivity index (χ2v) is 6.67. The first-order valence-electron chi connectivity index (χ1n) is 7.89. The number of nitrogens with one attached hydrogen (secondary N) is 2. The lowest BCUT2D eigenvalue weighted by atomic mass is 10.1. The summed E-state index contributed by atoms with van der Waals surface area (Å²) in [6, 6.07) is 12.6. The van der Waals surface area contributed by atoms with Crippen molar-refractivity contribution in [1.82, 2.24) is 15.5 Å². The van der Waals surface area contributed by atoms with E-state index in [0.717, 1.165) is 13.0 Å². The lowest BCUT2D eigenvalue weighted by Gasteiger charge is -2.19. The van der Waals surface area contributed by atoms with E-state index < -0.39 is 6.17 Å². The fourth-order valence-corrected chi connectivity index (χ4v) is 2.86. The van der Waals surface area contributed by atoms with Gasteiger partial charge in [0.2, 0.25) is 0 Å². The highest BCUT2D eigenvalue weighted by Gasteiger charge is 2.22. The highest BCUT2D eigenvalue weighted by Crippen LogP contribution is 2.09. The Morgan fingerprint density at radius 3 is 2.50 bits per heavy atom. The summed E-state index contributed by atoms with van der Waals surface area (Å²) in [6.45, 7) is 1.56. The number of ketones is 1. The van der Waals surface area contributed by atoms with Crippen LogP contribution >= 0.6 is 11.3 Å². The van der Waals surface area contributed by atoms with Gasteiger partial charge in [0.25, 0.3) is 5.91 Å². The van der Waals surface area contributed by atoms with Crippen molar-refractivity contribution in [3.8, 4) is 0 Å². The minimum absolute atomic E-state index is 0.134. The van der Waals surface area contributed by atoms with Gasteiger partial charge in [-0.1, -0.05) is 36.4 Å². The molecule has 0 spiro atoms. The Bertz CT molecular complexity index is 642. The summed E-state index contributed by atoms with van der Waals surface area (Å²) in [7, 11) is 4.01. The molecule has 0 aliphatic carbocycles. The number of carbonyl (C=O) groups excluding carboxylic acids is 2. The minimum atomic E-state index is -0.732. The van der Waals surface area contributed by atoms with Crippen molar-refractivity contribution in [3.63, 3.8) is 0 Å². The molecule has 0 saturated heterocycles. The van der Waals surface area contributed by atoms with Crippen molar-refractivity contribution < 1.29 is 9.59 Å². The Kier molecular flexibility index (Phi) is 7.11. The molecule has 2 aromatic rings. The van der Waals surface area contributed by atoms with Gasteiger partial charge < -0.3 is 10.2 Å². The highest BCUT2D eigenvalue weighted by molar-refractivity contribution is 7.12. The molecule has 0 radical (unpaired) electrons. The van der Waals surface area contributed by atoms with Crippen LogP contribution in [-0.2, 0) is 0 Å². The summed E-state index contributed by atoms with van der Waals surface area (Å²) >= 11 is 1.36. The van der Waals surface area contributed by atoms with Gasteiger partial charge in [-0.25, -0.2) is 0 Å². The Morgan fingerprint density at radius 1 is 1.12 bits per heavy atom. The van der Waals surface area contributed by atoms with E-state index in [1.165, 1.54) is 11.3 Å². The molecule has 2 N–H and O–H groups in total. The molecule has 0 aliphatic rings. The van der Waals surface area contributed by atoms with Crippen LogP contribution in [0.3, 0.4) is 0 Å². The largest absolute Gasteiger partial charge is 0.329 e. The van der Waals surface area contributed by atoms with E-state index in [1.54, 1.807) is 18.2 Å². The van der Waals surface area contributed by atoms with Gasteiger partial charge in [-0.05, 0) is 45.1 Å². The number of hydrogen-bond donors (Lipinski definition) is 2. The summed E-state index contributed by atoms with van der Waals surface area (Å²) in [5, 5.41) is 7.81. The van der Waals surface area contributed by atoms with E-state index in [4.69, 9.17) is 0 Å². The zero-order valence-corrected chi connectivity index (χ0v) is 14.8. The van der Waals surface area contributed by atoms with Crippen molar-refractivity contribution in [3.05, 3.63) is 58.3 Å². The molecule has 128 valence electrons. The Morgan fingerprint density at radius 2 is 1.88 bits per heavy atom. The topological polar surface area (TPSA) is 61.4 Å². The lowest BCUT2D eigenvalue weighted by molar-refractivity contribution is 0.0840. The fraction of sp³-hybridized carbons (Fsp3) is 0.333. The van der Waals surface area contributed by atoms with E-state index in [9.17, 15) is 9.59 Å². The second kappa shape index (κ2) is 9.32. The van der Waals surface area contributed by atoms with Gasteiger partial charge >= 0.3 is 0 Å². The molecular formula is C18H23N3O2S. The van der Waals surface area contributed by atoms with Gasteiger partial charge in [0.1, 0.15) is 6.17 Å². The van der Waals surface area contributed by atoms with Gasteiger partial charge in [-0.2, -0.15) is 0 Å². The maximum absolute atomic E-state index is 12.7. The monoisotopic (exact) mass is 345 g/mol.